The van der Waals surface area contributed by atoms with Gasteiger partial charge in [0.05, 0.1) is 12.0 Å². The van der Waals surface area contributed by atoms with E-state index < -0.39 is 17.4 Å². The van der Waals surface area contributed by atoms with Crippen LogP contribution in [0.2, 0.25) is 0 Å². The second kappa shape index (κ2) is 7.05. The smallest absolute Gasteiger partial charge is 0.248 e. The van der Waals surface area contributed by atoms with Crippen LogP contribution in [0, 0.1) is 5.41 Å². The van der Waals surface area contributed by atoms with Crippen molar-refractivity contribution in [2.24, 2.45) is 11.1 Å². The van der Waals surface area contributed by atoms with Gasteiger partial charge in [-0.15, -0.1) is 0 Å². The van der Waals surface area contributed by atoms with Crippen LogP contribution in [-0.4, -0.2) is 24.5 Å². The zero-order chi connectivity index (χ0) is 15.2. The second-order valence-electron chi connectivity index (χ2n) is 5.40. The van der Waals surface area contributed by atoms with Crippen LogP contribution in [-0.2, 0) is 20.9 Å². The van der Waals surface area contributed by atoms with Crippen molar-refractivity contribution in [1.82, 2.24) is 5.32 Å². The Labute approximate surface area is 119 Å². The summed E-state index contributed by atoms with van der Waals surface area (Å²) in [7, 11) is 0. The molecular weight excluding hydrogens is 256 g/mol. The van der Waals surface area contributed by atoms with Crippen molar-refractivity contribution >= 4 is 11.8 Å². The minimum absolute atomic E-state index is 0.195. The van der Waals surface area contributed by atoms with Crippen LogP contribution in [0.25, 0.3) is 0 Å². The molecule has 1 aromatic rings. The molecule has 20 heavy (non-hydrogen) atoms. The molecule has 0 aliphatic carbocycles. The minimum Gasteiger partial charge on any atom is -0.369 e. The van der Waals surface area contributed by atoms with Crippen LogP contribution in [0.15, 0.2) is 30.3 Å². The number of amides is 2. The molecule has 0 spiro atoms. The normalized spacial score (nSPS) is 12.8. The van der Waals surface area contributed by atoms with Crippen LogP contribution in [0.1, 0.15) is 26.3 Å². The number of hydrogen-bond donors (Lipinski definition) is 2. The molecule has 3 N–H and O–H groups in total. The molecule has 2 amide bonds. The number of rotatable bonds is 7. The van der Waals surface area contributed by atoms with Gasteiger partial charge in [0.1, 0.15) is 6.10 Å². The lowest BCUT2D eigenvalue weighted by Crippen LogP contribution is -2.45. The summed E-state index contributed by atoms with van der Waals surface area (Å²) in [6.45, 7) is 5.61. The maximum Gasteiger partial charge on any atom is 0.248 e. The SMILES string of the molecule is C[C@@H](OCc1ccccc1)C(=O)NCC(C)(C)C(N)=O. The quantitative estimate of drug-likeness (QED) is 0.787. The molecule has 5 heteroatoms. The molecule has 1 aromatic carbocycles. The average molecular weight is 278 g/mol. The Balaban J connectivity index is 2.38. The maximum absolute atomic E-state index is 11.8. The summed E-state index contributed by atoms with van der Waals surface area (Å²) in [4.78, 5) is 23.0. The number of benzene rings is 1. The fraction of sp³-hybridized carbons (Fsp3) is 0.467. The number of hydrogen-bond acceptors (Lipinski definition) is 3. The van der Waals surface area contributed by atoms with Gasteiger partial charge in [-0.05, 0) is 26.3 Å². The third kappa shape index (κ3) is 5.01. The Hall–Kier alpha value is -1.88. The monoisotopic (exact) mass is 278 g/mol. The molecular formula is C15H22N2O3. The molecule has 1 atom stereocenters. The van der Waals surface area contributed by atoms with Crippen molar-refractivity contribution in [3.8, 4) is 0 Å². The van der Waals surface area contributed by atoms with Gasteiger partial charge in [0.25, 0.3) is 0 Å². The highest BCUT2D eigenvalue weighted by Crippen LogP contribution is 2.12. The fourth-order valence-corrected chi connectivity index (χ4v) is 1.41. The molecule has 0 aromatic heterocycles. The van der Waals surface area contributed by atoms with Crippen LogP contribution in [0.5, 0.6) is 0 Å². The summed E-state index contributed by atoms with van der Waals surface area (Å²) in [5.74, 6) is -0.703. The molecule has 0 saturated carbocycles. The van der Waals surface area contributed by atoms with Gasteiger partial charge < -0.3 is 15.8 Å². The molecule has 0 radical (unpaired) electrons. The predicted octanol–water partition coefficient (Wildman–Crippen LogP) is 1.22. The summed E-state index contributed by atoms with van der Waals surface area (Å²) in [5.41, 5.74) is 5.48. The van der Waals surface area contributed by atoms with E-state index in [2.05, 4.69) is 5.32 Å². The van der Waals surface area contributed by atoms with E-state index in [9.17, 15) is 9.59 Å². The number of carbonyl (C=O) groups is 2. The van der Waals surface area contributed by atoms with Crippen LogP contribution < -0.4 is 11.1 Å². The number of primary amides is 1. The van der Waals surface area contributed by atoms with Gasteiger partial charge in [-0.25, -0.2) is 0 Å². The van der Waals surface area contributed by atoms with Gasteiger partial charge in [-0.2, -0.15) is 0 Å². The number of nitrogens with two attached hydrogens (primary N) is 1. The Morgan fingerprint density at radius 3 is 2.45 bits per heavy atom. The van der Waals surface area contributed by atoms with Crippen molar-refractivity contribution in [2.45, 2.75) is 33.5 Å². The summed E-state index contributed by atoms with van der Waals surface area (Å²) in [5, 5.41) is 2.68. The maximum atomic E-state index is 11.8. The molecule has 0 fully saturated rings. The molecule has 0 saturated heterocycles. The zero-order valence-corrected chi connectivity index (χ0v) is 12.2. The van der Waals surface area contributed by atoms with Gasteiger partial charge >= 0.3 is 0 Å². The summed E-state index contributed by atoms with van der Waals surface area (Å²) in [6, 6.07) is 9.62. The van der Waals surface area contributed by atoms with Gasteiger partial charge in [0.2, 0.25) is 11.8 Å². The molecule has 0 aliphatic heterocycles. The van der Waals surface area contributed by atoms with E-state index >= 15 is 0 Å². The summed E-state index contributed by atoms with van der Waals surface area (Å²) in [6.07, 6.45) is -0.584. The highest BCUT2D eigenvalue weighted by Gasteiger charge is 2.26. The third-order valence-corrected chi connectivity index (χ3v) is 3.08. The van der Waals surface area contributed by atoms with Gasteiger partial charge in [-0.1, -0.05) is 30.3 Å². The number of carbonyl (C=O) groups excluding carboxylic acids is 2. The molecule has 0 unspecified atom stereocenters. The molecule has 0 aliphatic rings. The first-order valence-corrected chi connectivity index (χ1v) is 6.56. The lowest BCUT2D eigenvalue weighted by Gasteiger charge is -2.22. The fourth-order valence-electron chi connectivity index (χ4n) is 1.41. The highest BCUT2D eigenvalue weighted by molar-refractivity contribution is 5.83. The van der Waals surface area contributed by atoms with Crippen molar-refractivity contribution in [2.75, 3.05) is 6.54 Å². The van der Waals surface area contributed by atoms with Crippen LogP contribution in [0.3, 0.4) is 0 Å². The first-order valence-electron chi connectivity index (χ1n) is 6.56. The Morgan fingerprint density at radius 1 is 1.30 bits per heavy atom. The molecule has 110 valence electrons. The molecule has 0 bridgehead atoms. The van der Waals surface area contributed by atoms with Crippen LogP contribution in [0.4, 0.5) is 0 Å². The summed E-state index contributed by atoms with van der Waals surface area (Å²) >= 11 is 0. The standard InChI is InChI=1S/C15H22N2O3/c1-11(20-9-12-7-5-4-6-8-12)13(18)17-10-15(2,3)14(16)19/h4-8,11H,9-10H2,1-3H3,(H2,16,19)(H,17,18)/t11-/m1/s1. The predicted molar refractivity (Wildman–Crippen MR) is 76.7 cm³/mol. The van der Waals surface area contributed by atoms with E-state index in [1.54, 1.807) is 20.8 Å². The number of nitrogens with one attached hydrogen (secondary N) is 1. The van der Waals surface area contributed by atoms with Crippen molar-refractivity contribution in [3.05, 3.63) is 35.9 Å². The molecule has 1 rings (SSSR count). The Morgan fingerprint density at radius 2 is 1.90 bits per heavy atom. The first kappa shape index (κ1) is 16.2. The van der Waals surface area contributed by atoms with Crippen LogP contribution >= 0.6 is 0 Å². The zero-order valence-electron chi connectivity index (χ0n) is 12.2. The van der Waals surface area contributed by atoms with E-state index in [1.807, 2.05) is 30.3 Å². The Kier molecular flexibility index (Phi) is 5.70. The van der Waals surface area contributed by atoms with Gasteiger partial charge in [0, 0.05) is 6.54 Å². The second-order valence-corrected chi connectivity index (χ2v) is 5.40. The van der Waals surface area contributed by atoms with E-state index in [4.69, 9.17) is 10.5 Å². The molecule has 5 nitrogen and oxygen atoms in total. The average Bonchev–Trinajstić information content (AvgIpc) is 2.43. The first-order chi connectivity index (χ1) is 9.33. The summed E-state index contributed by atoms with van der Waals surface area (Å²) < 4.78 is 5.49. The topological polar surface area (TPSA) is 81.4 Å². The lowest BCUT2D eigenvalue weighted by atomic mass is 9.93. The number of ether oxygens (including phenoxy) is 1. The Bertz CT molecular complexity index is 457. The largest absolute Gasteiger partial charge is 0.369 e. The molecule has 0 heterocycles. The van der Waals surface area contributed by atoms with E-state index in [0.29, 0.717) is 6.61 Å². The van der Waals surface area contributed by atoms with Gasteiger partial charge in [-0.3, -0.25) is 9.59 Å². The van der Waals surface area contributed by atoms with E-state index in [1.165, 1.54) is 0 Å². The van der Waals surface area contributed by atoms with Crippen molar-refractivity contribution in [1.29, 1.82) is 0 Å². The van der Waals surface area contributed by atoms with Crippen molar-refractivity contribution in [3.63, 3.8) is 0 Å². The highest BCUT2D eigenvalue weighted by atomic mass is 16.5. The van der Waals surface area contributed by atoms with E-state index in [-0.39, 0.29) is 12.5 Å². The van der Waals surface area contributed by atoms with Crippen molar-refractivity contribution < 1.29 is 14.3 Å². The van der Waals surface area contributed by atoms with E-state index in [0.717, 1.165) is 5.56 Å². The third-order valence-electron chi connectivity index (χ3n) is 3.08. The minimum atomic E-state index is -0.769. The van der Waals surface area contributed by atoms with Gasteiger partial charge in [0.15, 0.2) is 0 Å². The lowest BCUT2D eigenvalue weighted by molar-refractivity contribution is -0.133.